The minimum absolute atomic E-state index is 0.0646. The highest BCUT2D eigenvalue weighted by molar-refractivity contribution is 8.00. The lowest BCUT2D eigenvalue weighted by Crippen LogP contribution is -2.31. The van der Waals surface area contributed by atoms with Gasteiger partial charge in [0.25, 0.3) is 0 Å². The molecular formula is C21H24FN5O4S. The molecule has 1 atom stereocenters. The number of ether oxygens (including phenoxy) is 3. The van der Waals surface area contributed by atoms with E-state index in [4.69, 9.17) is 20.1 Å². The van der Waals surface area contributed by atoms with Crippen molar-refractivity contribution in [2.45, 2.75) is 30.5 Å². The van der Waals surface area contributed by atoms with Crippen molar-refractivity contribution in [1.29, 1.82) is 0 Å². The molecule has 0 aliphatic heterocycles. The van der Waals surface area contributed by atoms with Crippen LogP contribution in [0.1, 0.15) is 18.3 Å². The van der Waals surface area contributed by atoms with Gasteiger partial charge in [0.2, 0.25) is 11.1 Å². The monoisotopic (exact) mass is 461 g/mol. The zero-order valence-electron chi connectivity index (χ0n) is 17.9. The van der Waals surface area contributed by atoms with Crippen molar-refractivity contribution in [3.05, 3.63) is 59.7 Å². The maximum atomic E-state index is 13.7. The summed E-state index contributed by atoms with van der Waals surface area (Å²) < 4.78 is 30.8. The first-order valence-corrected chi connectivity index (χ1v) is 10.5. The van der Waals surface area contributed by atoms with E-state index >= 15 is 0 Å². The normalized spacial score (nSPS) is 11.6. The SMILES string of the molecule is COc1ccc(CNC(=O)[C@@H](C)Sc2nnc(COc3ccccc3F)n2N)cc1OC. The lowest BCUT2D eigenvalue weighted by Gasteiger charge is -2.13. The summed E-state index contributed by atoms with van der Waals surface area (Å²) in [6, 6.07) is 11.5. The van der Waals surface area contributed by atoms with Crippen LogP contribution in [0.25, 0.3) is 0 Å². The standard InChI is InChI=1S/C21H24FN5O4S/c1-13(20(28)24-11-14-8-9-17(29-2)18(10-14)30-3)32-21-26-25-19(27(21)23)12-31-16-7-5-4-6-15(16)22/h4-10,13H,11-12,23H2,1-3H3,(H,24,28)/t13-/m1/s1. The molecular weight excluding hydrogens is 437 g/mol. The van der Waals surface area contributed by atoms with Crippen molar-refractivity contribution in [3.63, 3.8) is 0 Å². The topological polar surface area (TPSA) is 114 Å². The van der Waals surface area contributed by atoms with E-state index in [-0.39, 0.29) is 18.3 Å². The van der Waals surface area contributed by atoms with Gasteiger partial charge < -0.3 is 25.4 Å². The van der Waals surface area contributed by atoms with Gasteiger partial charge in [-0.3, -0.25) is 4.79 Å². The Bertz CT molecular complexity index is 1080. The van der Waals surface area contributed by atoms with Crippen LogP contribution in [0.4, 0.5) is 4.39 Å². The molecule has 32 heavy (non-hydrogen) atoms. The van der Waals surface area contributed by atoms with Crippen molar-refractivity contribution in [1.82, 2.24) is 20.2 Å². The van der Waals surface area contributed by atoms with E-state index in [2.05, 4.69) is 15.5 Å². The molecule has 0 aliphatic carbocycles. The number of rotatable bonds is 10. The number of aromatic nitrogens is 3. The third-order valence-corrected chi connectivity index (χ3v) is 5.55. The third kappa shape index (κ3) is 5.61. The van der Waals surface area contributed by atoms with Crippen LogP contribution in [0.5, 0.6) is 17.2 Å². The zero-order valence-corrected chi connectivity index (χ0v) is 18.7. The Labute approximate surface area is 189 Å². The smallest absolute Gasteiger partial charge is 0.233 e. The summed E-state index contributed by atoms with van der Waals surface area (Å²) in [5, 5.41) is 10.7. The van der Waals surface area contributed by atoms with Gasteiger partial charge in [-0.1, -0.05) is 30.0 Å². The molecule has 3 aromatic rings. The number of hydrogen-bond donors (Lipinski definition) is 2. The molecule has 1 aromatic heterocycles. The fraction of sp³-hybridized carbons (Fsp3) is 0.286. The Morgan fingerprint density at radius 3 is 2.62 bits per heavy atom. The second-order valence-corrected chi connectivity index (χ2v) is 7.96. The molecule has 2 aromatic carbocycles. The number of nitrogens with one attached hydrogen (secondary N) is 1. The molecule has 0 spiro atoms. The van der Waals surface area contributed by atoms with Gasteiger partial charge in [-0.05, 0) is 36.8 Å². The van der Waals surface area contributed by atoms with Gasteiger partial charge in [-0.25, -0.2) is 9.07 Å². The lowest BCUT2D eigenvalue weighted by atomic mass is 10.2. The highest BCUT2D eigenvalue weighted by Crippen LogP contribution is 2.27. The molecule has 0 fully saturated rings. The maximum absolute atomic E-state index is 13.7. The summed E-state index contributed by atoms with van der Waals surface area (Å²) in [4.78, 5) is 12.5. The number of carbonyl (C=O) groups is 1. The summed E-state index contributed by atoms with van der Waals surface area (Å²) in [6.45, 7) is 1.99. The number of para-hydroxylation sites is 1. The van der Waals surface area contributed by atoms with E-state index < -0.39 is 11.1 Å². The van der Waals surface area contributed by atoms with Crippen molar-refractivity contribution in [3.8, 4) is 17.2 Å². The van der Waals surface area contributed by atoms with Crippen LogP contribution in [0.3, 0.4) is 0 Å². The number of thioether (sulfide) groups is 1. The fourth-order valence-corrected chi connectivity index (χ4v) is 3.54. The minimum atomic E-state index is -0.484. The quantitative estimate of drug-likeness (QED) is 0.350. The molecule has 0 radical (unpaired) electrons. The molecule has 0 saturated heterocycles. The van der Waals surface area contributed by atoms with Crippen LogP contribution in [-0.4, -0.2) is 40.3 Å². The Morgan fingerprint density at radius 2 is 1.91 bits per heavy atom. The van der Waals surface area contributed by atoms with E-state index in [1.807, 2.05) is 6.07 Å². The molecule has 170 valence electrons. The number of halogens is 1. The van der Waals surface area contributed by atoms with Gasteiger partial charge in [0.05, 0.1) is 19.5 Å². The predicted octanol–water partition coefficient (Wildman–Crippen LogP) is 2.52. The summed E-state index contributed by atoms with van der Waals surface area (Å²) >= 11 is 1.15. The first kappa shape index (κ1) is 23.2. The summed E-state index contributed by atoms with van der Waals surface area (Å²) in [7, 11) is 3.11. The first-order valence-electron chi connectivity index (χ1n) is 9.65. The van der Waals surface area contributed by atoms with Gasteiger partial charge in [0.1, 0.15) is 6.61 Å². The van der Waals surface area contributed by atoms with E-state index in [0.717, 1.165) is 17.3 Å². The number of amides is 1. The van der Waals surface area contributed by atoms with E-state index in [9.17, 15) is 9.18 Å². The predicted molar refractivity (Wildman–Crippen MR) is 118 cm³/mol. The average Bonchev–Trinajstić information content (AvgIpc) is 3.15. The molecule has 0 bridgehead atoms. The summed E-state index contributed by atoms with van der Waals surface area (Å²) in [5.74, 6) is 6.93. The second kappa shape index (κ2) is 10.7. The van der Waals surface area contributed by atoms with Crippen LogP contribution in [-0.2, 0) is 17.9 Å². The van der Waals surface area contributed by atoms with E-state index in [0.29, 0.717) is 29.0 Å². The maximum Gasteiger partial charge on any atom is 0.233 e. The molecule has 1 amide bonds. The van der Waals surface area contributed by atoms with Gasteiger partial charge in [-0.2, -0.15) is 0 Å². The average molecular weight is 462 g/mol. The van der Waals surface area contributed by atoms with Crippen molar-refractivity contribution < 1.29 is 23.4 Å². The minimum Gasteiger partial charge on any atom is -0.493 e. The Kier molecular flexibility index (Phi) is 7.77. The van der Waals surface area contributed by atoms with Gasteiger partial charge in [-0.15, -0.1) is 10.2 Å². The lowest BCUT2D eigenvalue weighted by molar-refractivity contribution is -0.120. The second-order valence-electron chi connectivity index (χ2n) is 6.66. The summed E-state index contributed by atoms with van der Waals surface area (Å²) in [5.41, 5.74) is 0.864. The van der Waals surface area contributed by atoms with Crippen molar-refractivity contribution >= 4 is 17.7 Å². The number of nitrogens with zero attached hydrogens (tertiary/aromatic N) is 3. The summed E-state index contributed by atoms with van der Waals surface area (Å²) in [6.07, 6.45) is 0. The highest BCUT2D eigenvalue weighted by Gasteiger charge is 2.20. The van der Waals surface area contributed by atoms with E-state index in [1.54, 1.807) is 45.4 Å². The number of nitrogens with two attached hydrogens (primary N) is 1. The first-order chi connectivity index (χ1) is 15.4. The number of nitrogen functional groups attached to an aromatic ring is 1. The van der Waals surface area contributed by atoms with Gasteiger partial charge in [0, 0.05) is 6.54 Å². The molecule has 3 N–H and O–H groups in total. The number of carbonyl (C=O) groups excluding carboxylic acids is 1. The number of methoxy groups -OCH3 is 2. The number of hydrogen-bond acceptors (Lipinski definition) is 8. The molecule has 0 unspecified atom stereocenters. The molecule has 1 heterocycles. The zero-order chi connectivity index (χ0) is 23.1. The number of benzene rings is 2. The Hall–Kier alpha value is -3.47. The van der Waals surface area contributed by atoms with Crippen molar-refractivity contribution in [2.75, 3.05) is 20.1 Å². The van der Waals surface area contributed by atoms with Crippen LogP contribution >= 0.6 is 11.8 Å². The Balaban J connectivity index is 1.54. The van der Waals surface area contributed by atoms with Crippen molar-refractivity contribution in [2.24, 2.45) is 0 Å². The molecule has 11 heteroatoms. The largest absolute Gasteiger partial charge is 0.493 e. The highest BCUT2D eigenvalue weighted by atomic mass is 32.2. The van der Waals surface area contributed by atoms with Crippen LogP contribution in [0.2, 0.25) is 0 Å². The van der Waals surface area contributed by atoms with Crippen LogP contribution < -0.4 is 25.4 Å². The molecule has 0 aliphatic rings. The van der Waals surface area contributed by atoms with Crippen LogP contribution in [0.15, 0.2) is 47.6 Å². The van der Waals surface area contributed by atoms with E-state index in [1.165, 1.54) is 16.8 Å². The van der Waals surface area contributed by atoms with Crippen LogP contribution in [0, 0.1) is 5.82 Å². The fourth-order valence-electron chi connectivity index (χ4n) is 2.73. The molecule has 0 saturated carbocycles. The third-order valence-electron chi connectivity index (χ3n) is 4.49. The van der Waals surface area contributed by atoms with Gasteiger partial charge >= 0.3 is 0 Å². The molecule has 3 rings (SSSR count). The van der Waals surface area contributed by atoms with Gasteiger partial charge in [0.15, 0.2) is 28.9 Å². The Morgan fingerprint density at radius 1 is 1.16 bits per heavy atom. The molecule has 9 nitrogen and oxygen atoms in total.